The average Bonchev–Trinajstić information content (AvgIpc) is 3.71. The van der Waals surface area contributed by atoms with Crippen LogP contribution < -0.4 is 10.6 Å². The summed E-state index contributed by atoms with van der Waals surface area (Å²) < 4.78 is 60.7. The van der Waals surface area contributed by atoms with Crippen molar-refractivity contribution in [2.75, 3.05) is 175 Å². The number of aromatic nitrogens is 3. The van der Waals surface area contributed by atoms with Gasteiger partial charge in [-0.2, -0.15) is 0 Å². The summed E-state index contributed by atoms with van der Waals surface area (Å²) >= 11 is 0. The van der Waals surface area contributed by atoms with Gasteiger partial charge in [-0.1, -0.05) is 13.3 Å². The van der Waals surface area contributed by atoms with Crippen LogP contribution in [0.4, 0.5) is 11.5 Å². The van der Waals surface area contributed by atoms with E-state index in [1.54, 1.807) is 0 Å². The van der Waals surface area contributed by atoms with E-state index < -0.39 is 5.60 Å². The van der Waals surface area contributed by atoms with Crippen LogP contribution in [-0.2, 0) is 63.3 Å². The van der Waals surface area contributed by atoms with Gasteiger partial charge in [0.05, 0.1) is 150 Å². The van der Waals surface area contributed by atoms with Crippen molar-refractivity contribution in [1.29, 1.82) is 0 Å². The number of esters is 1. The van der Waals surface area contributed by atoms with E-state index in [1.165, 1.54) is 5.69 Å². The summed E-state index contributed by atoms with van der Waals surface area (Å²) in [5, 5.41) is 1.07. The summed E-state index contributed by atoms with van der Waals surface area (Å²) in [4.78, 5) is 29.4. The molecule has 0 spiro atoms. The van der Waals surface area contributed by atoms with Crippen molar-refractivity contribution in [2.24, 2.45) is 0 Å². The molecule has 1 fully saturated rings. The Morgan fingerprint density at radius 3 is 1.57 bits per heavy atom. The Labute approximate surface area is 373 Å². The standard InChI is InChI=1S/C45H76N6O12/c1-5-6-7-40-48-42-38-36-37(8-9-39(38)47-44(46)43(42)49-40)51-13-11-50(12-14-51)15-17-54-19-21-56-23-25-58-27-29-60-31-33-62-35-34-61-32-30-59-28-26-57-24-22-55-20-18-53-16-10-41(52)63-45(2,3)4/h8-9,36H,5-7,10-35H2,1-4H3,(H2,46,47)(H,48,49). The van der Waals surface area contributed by atoms with E-state index in [1.807, 2.05) is 20.8 Å². The van der Waals surface area contributed by atoms with Crippen LogP contribution in [0.1, 0.15) is 52.8 Å². The van der Waals surface area contributed by atoms with Crippen LogP contribution in [0.3, 0.4) is 0 Å². The van der Waals surface area contributed by atoms with Gasteiger partial charge in [0.25, 0.3) is 0 Å². The van der Waals surface area contributed by atoms with Crippen LogP contribution in [0.25, 0.3) is 21.9 Å². The third kappa shape index (κ3) is 22.5. The average molecular weight is 893 g/mol. The molecule has 0 radical (unpaired) electrons. The molecule has 63 heavy (non-hydrogen) atoms. The number of nitrogen functional groups attached to an aromatic ring is 1. The van der Waals surface area contributed by atoms with E-state index in [9.17, 15) is 4.79 Å². The third-order valence-electron chi connectivity index (χ3n) is 9.76. The van der Waals surface area contributed by atoms with Gasteiger partial charge in [0, 0.05) is 50.2 Å². The summed E-state index contributed by atoms with van der Waals surface area (Å²) in [6.45, 7) is 22.4. The van der Waals surface area contributed by atoms with Gasteiger partial charge in [-0.3, -0.25) is 9.69 Å². The highest BCUT2D eigenvalue weighted by Crippen LogP contribution is 2.30. The lowest BCUT2D eigenvalue weighted by Gasteiger charge is -2.36. The number of ether oxygens (including phenoxy) is 11. The molecule has 0 atom stereocenters. The van der Waals surface area contributed by atoms with Gasteiger partial charge in [0.15, 0.2) is 5.82 Å². The van der Waals surface area contributed by atoms with Crippen molar-refractivity contribution in [2.45, 2.75) is 59.0 Å². The predicted molar refractivity (Wildman–Crippen MR) is 242 cm³/mol. The SMILES string of the molecule is CCCCc1nc2c(N)nc3ccc(N4CCN(CCOCCOCCOCCOCCOCCOCCOCCOCCOCCOCCC(=O)OC(C)(C)C)CC4)cc3c2[nH]1. The normalized spacial score (nSPS) is 13.8. The van der Waals surface area contributed by atoms with E-state index in [0.29, 0.717) is 138 Å². The molecule has 3 heterocycles. The minimum absolute atomic E-state index is 0.230. The Morgan fingerprint density at radius 1 is 0.651 bits per heavy atom. The van der Waals surface area contributed by atoms with Gasteiger partial charge >= 0.3 is 5.97 Å². The molecule has 0 unspecified atom stereocenters. The van der Waals surface area contributed by atoms with Gasteiger partial charge in [-0.15, -0.1) is 0 Å². The van der Waals surface area contributed by atoms with Crippen LogP contribution in [-0.4, -0.2) is 196 Å². The smallest absolute Gasteiger partial charge is 0.308 e. The van der Waals surface area contributed by atoms with Gasteiger partial charge in [0.1, 0.15) is 16.9 Å². The number of anilines is 2. The fourth-order valence-corrected chi connectivity index (χ4v) is 6.52. The first kappa shape index (κ1) is 52.4. The van der Waals surface area contributed by atoms with E-state index in [4.69, 9.17) is 62.8 Å². The number of carbonyl (C=O) groups is 1. The van der Waals surface area contributed by atoms with Crippen molar-refractivity contribution >= 4 is 39.4 Å². The molecular weight excluding hydrogens is 817 g/mol. The first-order chi connectivity index (χ1) is 30.7. The van der Waals surface area contributed by atoms with E-state index >= 15 is 0 Å². The lowest BCUT2D eigenvalue weighted by Crippen LogP contribution is -2.47. The number of nitrogens with zero attached hydrogens (tertiary/aromatic N) is 4. The minimum atomic E-state index is -0.478. The molecule has 3 N–H and O–H groups in total. The molecule has 4 rings (SSSR count). The number of benzene rings is 1. The molecule has 1 aliphatic heterocycles. The number of fused-ring (bicyclic) bond motifs is 3. The van der Waals surface area contributed by atoms with Crippen molar-refractivity contribution in [1.82, 2.24) is 19.9 Å². The topological polar surface area (TPSA) is 193 Å². The number of imidazole rings is 1. The zero-order chi connectivity index (χ0) is 44.8. The maximum Gasteiger partial charge on any atom is 0.308 e. The second kappa shape index (κ2) is 31.6. The van der Waals surface area contributed by atoms with Gasteiger partial charge in [-0.05, 0) is 45.4 Å². The van der Waals surface area contributed by atoms with E-state index in [0.717, 1.165) is 79.7 Å². The number of hydrogen-bond donors (Lipinski definition) is 2. The lowest BCUT2D eigenvalue weighted by atomic mass is 10.1. The predicted octanol–water partition coefficient (Wildman–Crippen LogP) is 4.06. The Bertz CT molecular complexity index is 1650. The summed E-state index contributed by atoms with van der Waals surface area (Å²) in [5.41, 5.74) is 9.62. The lowest BCUT2D eigenvalue weighted by molar-refractivity contribution is -0.156. The highest BCUT2D eigenvalue weighted by molar-refractivity contribution is 6.07. The molecular formula is C45H76N6O12. The molecule has 0 bridgehead atoms. The summed E-state index contributed by atoms with van der Waals surface area (Å²) in [5.74, 6) is 1.18. The number of aromatic amines is 1. The number of pyridine rings is 1. The molecule has 1 saturated heterocycles. The first-order valence-electron chi connectivity index (χ1n) is 22.8. The minimum Gasteiger partial charge on any atom is -0.460 e. The second-order valence-corrected chi connectivity index (χ2v) is 16.0. The number of carbonyl (C=O) groups excluding carboxylic acids is 1. The highest BCUT2D eigenvalue weighted by atomic mass is 16.6. The third-order valence-corrected chi connectivity index (χ3v) is 9.76. The Kier molecular flexibility index (Phi) is 26.2. The monoisotopic (exact) mass is 893 g/mol. The Balaban J connectivity index is 0.833. The van der Waals surface area contributed by atoms with Gasteiger partial charge in [-0.25, -0.2) is 9.97 Å². The number of aryl methyl sites for hydroxylation is 1. The number of nitrogens with one attached hydrogen (secondary N) is 1. The number of H-pyrrole nitrogens is 1. The molecule has 1 aromatic carbocycles. The number of rotatable bonds is 37. The quantitative estimate of drug-likeness (QED) is 0.0622. The Morgan fingerprint density at radius 2 is 1.11 bits per heavy atom. The van der Waals surface area contributed by atoms with Crippen LogP contribution in [0.5, 0.6) is 0 Å². The summed E-state index contributed by atoms with van der Waals surface area (Å²) in [7, 11) is 0. The number of hydrogen-bond acceptors (Lipinski definition) is 17. The number of unbranched alkanes of at least 4 members (excludes halogenated alkanes) is 1. The molecule has 18 heteroatoms. The summed E-state index contributed by atoms with van der Waals surface area (Å²) in [6, 6.07) is 6.43. The molecule has 18 nitrogen and oxygen atoms in total. The molecule has 358 valence electrons. The van der Waals surface area contributed by atoms with Crippen molar-refractivity contribution in [3.05, 3.63) is 24.0 Å². The van der Waals surface area contributed by atoms with Crippen LogP contribution in [0.15, 0.2) is 18.2 Å². The van der Waals surface area contributed by atoms with Crippen LogP contribution in [0.2, 0.25) is 0 Å². The van der Waals surface area contributed by atoms with Gasteiger partial charge in [0.2, 0.25) is 0 Å². The van der Waals surface area contributed by atoms with E-state index in [2.05, 4.69) is 44.9 Å². The number of piperazine rings is 1. The maximum atomic E-state index is 11.6. The zero-order valence-corrected chi connectivity index (χ0v) is 38.5. The maximum absolute atomic E-state index is 11.6. The molecule has 1 aliphatic rings. The van der Waals surface area contributed by atoms with Crippen molar-refractivity contribution in [3.63, 3.8) is 0 Å². The van der Waals surface area contributed by atoms with Crippen LogP contribution in [0, 0.1) is 0 Å². The highest BCUT2D eigenvalue weighted by Gasteiger charge is 2.19. The molecule has 0 aliphatic carbocycles. The second-order valence-electron chi connectivity index (χ2n) is 16.0. The van der Waals surface area contributed by atoms with E-state index in [-0.39, 0.29) is 12.4 Å². The fourth-order valence-electron chi connectivity index (χ4n) is 6.52. The Hall–Kier alpha value is -3.27. The van der Waals surface area contributed by atoms with Crippen molar-refractivity contribution < 1.29 is 56.9 Å². The molecule has 0 saturated carbocycles. The molecule has 2 aromatic heterocycles. The van der Waals surface area contributed by atoms with Gasteiger partial charge < -0.3 is 67.7 Å². The first-order valence-corrected chi connectivity index (χ1v) is 22.8. The zero-order valence-electron chi connectivity index (χ0n) is 38.5. The molecule has 3 aromatic rings. The fraction of sp³-hybridized carbons (Fsp3) is 0.756. The number of nitrogens with two attached hydrogens (primary N) is 1. The molecule has 0 amide bonds. The van der Waals surface area contributed by atoms with Crippen molar-refractivity contribution in [3.8, 4) is 0 Å². The van der Waals surface area contributed by atoms with Crippen LogP contribution >= 0.6 is 0 Å². The summed E-state index contributed by atoms with van der Waals surface area (Å²) in [6.07, 6.45) is 3.35. The largest absolute Gasteiger partial charge is 0.460 e.